The summed E-state index contributed by atoms with van der Waals surface area (Å²) in [5.41, 5.74) is -2.00. The second-order valence-corrected chi connectivity index (χ2v) is 3.38. The van der Waals surface area contributed by atoms with Gasteiger partial charge in [-0.3, -0.25) is 4.79 Å². The fourth-order valence-corrected chi connectivity index (χ4v) is 1.52. The molecule has 0 aliphatic carbocycles. The smallest absolute Gasteiger partial charge is 0.350 e. The molecule has 2 rings (SSSR count). The molecule has 0 spiro atoms. The Bertz CT molecular complexity index is 680. The van der Waals surface area contributed by atoms with Crippen molar-refractivity contribution in [3.05, 3.63) is 45.7 Å². The first-order valence-corrected chi connectivity index (χ1v) is 4.57. The van der Waals surface area contributed by atoms with Crippen LogP contribution >= 0.6 is 0 Å². The fourth-order valence-electron chi connectivity index (χ4n) is 1.52. The van der Waals surface area contributed by atoms with E-state index in [0.717, 1.165) is 0 Å². The largest absolute Gasteiger partial charge is 0.431 e. The van der Waals surface area contributed by atoms with Crippen LogP contribution in [0.1, 0.15) is 11.3 Å². The Balaban J connectivity index is 2.90. The summed E-state index contributed by atoms with van der Waals surface area (Å²) in [7, 11) is 0. The lowest BCUT2D eigenvalue weighted by Crippen LogP contribution is -2.14. The molecule has 0 unspecified atom stereocenters. The molecule has 1 heterocycles. The van der Waals surface area contributed by atoms with Gasteiger partial charge in [-0.15, -0.1) is 0 Å². The number of hydrogen-bond donors (Lipinski definition) is 1. The van der Waals surface area contributed by atoms with Crippen LogP contribution in [-0.4, -0.2) is 4.98 Å². The summed E-state index contributed by atoms with van der Waals surface area (Å²) in [6.45, 7) is 0. The van der Waals surface area contributed by atoms with E-state index in [0.29, 0.717) is 6.07 Å². The van der Waals surface area contributed by atoms with Gasteiger partial charge in [-0.25, -0.2) is 0 Å². The van der Waals surface area contributed by atoms with Gasteiger partial charge >= 0.3 is 6.18 Å². The number of benzene rings is 1. The van der Waals surface area contributed by atoms with Crippen molar-refractivity contribution in [3.8, 4) is 6.07 Å². The van der Waals surface area contributed by atoms with Gasteiger partial charge in [0, 0.05) is 11.5 Å². The molecule has 1 N–H and O–H groups in total. The van der Waals surface area contributed by atoms with Gasteiger partial charge in [-0.05, 0) is 12.1 Å². The molecule has 0 radical (unpaired) electrons. The summed E-state index contributed by atoms with van der Waals surface area (Å²) in [6, 6.07) is 6.39. The summed E-state index contributed by atoms with van der Waals surface area (Å²) in [5, 5.41) is 8.83. The van der Waals surface area contributed by atoms with Crippen LogP contribution in [0.15, 0.2) is 29.1 Å². The van der Waals surface area contributed by atoms with E-state index >= 15 is 0 Å². The Morgan fingerprint density at radius 3 is 2.59 bits per heavy atom. The van der Waals surface area contributed by atoms with Gasteiger partial charge in [0.1, 0.15) is 11.8 Å². The zero-order chi connectivity index (χ0) is 12.6. The zero-order valence-corrected chi connectivity index (χ0v) is 8.30. The highest BCUT2D eigenvalue weighted by Crippen LogP contribution is 2.28. The van der Waals surface area contributed by atoms with Gasteiger partial charge in [-0.1, -0.05) is 6.07 Å². The average molecular weight is 238 g/mol. The molecule has 0 fully saturated rings. The number of halogens is 3. The number of aromatic nitrogens is 1. The number of para-hydroxylation sites is 1. The molecule has 1 aromatic heterocycles. The molecular weight excluding hydrogens is 233 g/mol. The van der Waals surface area contributed by atoms with Gasteiger partial charge in [0.15, 0.2) is 5.43 Å². The average Bonchev–Trinajstić information content (AvgIpc) is 2.27. The number of alkyl halides is 3. The van der Waals surface area contributed by atoms with Crippen LogP contribution in [0, 0.1) is 11.3 Å². The molecule has 0 saturated heterocycles. The Hall–Kier alpha value is -2.29. The first kappa shape index (κ1) is 11.2. The second-order valence-electron chi connectivity index (χ2n) is 3.38. The normalized spacial score (nSPS) is 11.4. The van der Waals surface area contributed by atoms with E-state index in [1.165, 1.54) is 18.2 Å². The quantitative estimate of drug-likeness (QED) is 0.766. The van der Waals surface area contributed by atoms with Crippen molar-refractivity contribution in [2.75, 3.05) is 0 Å². The Morgan fingerprint density at radius 2 is 2.00 bits per heavy atom. The van der Waals surface area contributed by atoms with Gasteiger partial charge < -0.3 is 4.98 Å². The molecule has 3 nitrogen and oxygen atoms in total. The number of pyridine rings is 1. The third-order valence-corrected chi connectivity index (χ3v) is 2.29. The maximum atomic E-state index is 12.5. The van der Waals surface area contributed by atoms with Crippen LogP contribution < -0.4 is 5.43 Å². The highest BCUT2D eigenvalue weighted by atomic mass is 19.4. The van der Waals surface area contributed by atoms with Gasteiger partial charge in [0.2, 0.25) is 0 Å². The molecular formula is C11H5F3N2O. The van der Waals surface area contributed by atoms with Crippen molar-refractivity contribution in [3.63, 3.8) is 0 Å². The maximum Gasteiger partial charge on any atom is 0.431 e. The lowest BCUT2D eigenvalue weighted by Gasteiger charge is -2.08. The third kappa shape index (κ3) is 1.87. The lowest BCUT2D eigenvalue weighted by atomic mass is 10.1. The Morgan fingerprint density at radius 1 is 1.29 bits per heavy atom. The van der Waals surface area contributed by atoms with Crippen molar-refractivity contribution in [2.24, 2.45) is 0 Å². The minimum atomic E-state index is -4.64. The molecule has 0 bridgehead atoms. The molecule has 2 aromatic rings. The van der Waals surface area contributed by atoms with E-state index in [1.807, 2.05) is 0 Å². The van der Waals surface area contributed by atoms with E-state index in [2.05, 4.69) is 4.98 Å². The minimum absolute atomic E-state index is 0.00528. The first-order chi connectivity index (χ1) is 7.93. The summed E-state index contributed by atoms with van der Waals surface area (Å²) in [4.78, 5) is 13.6. The molecule has 1 aromatic carbocycles. The number of nitrogens with zero attached hydrogens (tertiary/aromatic N) is 1. The second kappa shape index (κ2) is 3.63. The number of H-pyrrole nitrogens is 1. The highest BCUT2D eigenvalue weighted by molar-refractivity contribution is 5.84. The van der Waals surface area contributed by atoms with Gasteiger partial charge in [0.25, 0.3) is 0 Å². The molecule has 0 aliphatic heterocycles. The molecule has 17 heavy (non-hydrogen) atoms. The standard InChI is InChI=1S/C11H5F3N2O/c12-11(13,14)9-4-8(17)7-3-1-2-6(5-15)10(7)16-9/h1-4H,(H,16,17). The predicted molar refractivity (Wildman–Crippen MR) is 54.3 cm³/mol. The number of nitriles is 1. The zero-order valence-electron chi connectivity index (χ0n) is 8.30. The minimum Gasteiger partial charge on any atom is -0.350 e. The van der Waals surface area contributed by atoms with Gasteiger partial charge in [-0.2, -0.15) is 18.4 Å². The Kier molecular flexibility index (Phi) is 2.39. The van der Waals surface area contributed by atoms with Gasteiger partial charge in [0.05, 0.1) is 11.1 Å². The maximum absolute atomic E-state index is 12.5. The lowest BCUT2D eigenvalue weighted by molar-refractivity contribution is -0.141. The van der Waals surface area contributed by atoms with Crippen molar-refractivity contribution >= 4 is 10.9 Å². The molecule has 0 amide bonds. The number of hydrogen-bond acceptors (Lipinski definition) is 2. The summed E-state index contributed by atoms with van der Waals surface area (Å²) >= 11 is 0. The number of aromatic amines is 1. The summed E-state index contributed by atoms with van der Waals surface area (Å²) in [5.74, 6) is 0. The van der Waals surface area contributed by atoms with Crippen LogP contribution in [-0.2, 0) is 6.18 Å². The molecule has 0 atom stereocenters. The topological polar surface area (TPSA) is 56.6 Å². The molecule has 0 aliphatic rings. The SMILES string of the molecule is N#Cc1cccc2c(=O)cc(C(F)(F)F)[nH]c12. The van der Waals surface area contributed by atoms with Crippen LogP contribution in [0.25, 0.3) is 10.9 Å². The van der Waals surface area contributed by atoms with E-state index in [1.54, 1.807) is 6.07 Å². The number of fused-ring (bicyclic) bond motifs is 1. The van der Waals surface area contributed by atoms with E-state index in [9.17, 15) is 18.0 Å². The first-order valence-electron chi connectivity index (χ1n) is 4.57. The summed E-state index contributed by atoms with van der Waals surface area (Å²) < 4.78 is 37.4. The monoisotopic (exact) mass is 238 g/mol. The molecule has 6 heteroatoms. The Labute approximate surface area is 93.1 Å². The van der Waals surface area contributed by atoms with Crippen molar-refractivity contribution in [1.82, 2.24) is 4.98 Å². The fraction of sp³-hybridized carbons (Fsp3) is 0.0909. The van der Waals surface area contributed by atoms with Crippen molar-refractivity contribution < 1.29 is 13.2 Å². The van der Waals surface area contributed by atoms with E-state index in [4.69, 9.17) is 5.26 Å². The number of nitrogens with one attached hydrogen (secondary N) is 1. The molecule has 86 valence electrons. The van der Waals surface area contributed by atoms with Crippen LogP contribution in [0.5, 0.6) is 0 Å². The van der Waals surface area contributed by atoms with Crippen molar-refractivity contribution in [2.45, 2.75) is 6.18 Å². The number of rotatable bonds is 0. The third-order valence-electron chi connectivity index (χ3n) is 2.29. The van der Waals surface area contributed by atoms with E-state index in [-0.39, 0.29) is 16.5 Å². The van der Waals surface area contributed by atoms with Crippen LogP contribution in [0.2, 0.25) is 0 Å². The van der Waals surface area contributed by atoms with Crippen LogP contribution in [0.3, 0.4) is 0 Å². The van der Waals surface area contributed by atoms with E-state index < -0.39 is 17.3 Å². The molecule has 0 saturated carbocycles. The highest BCUT2D eigenvalue weighted by Gasteiger charge is 2.32. The van der Waals surface area contributed by atoms with Crippen molar-refractivity contribution in [1.29, 1.82) is 5.26 Å². The predicted octanol–water partition coefficient (Wildman–Crippen LogP) is 2.42. The van der Waals surface area contributed by atoms with Crippen LogP contribution in [0.4, 0.5) is 13.2 Å². The summed E-state index contributed by atoms with van der Waals surface area (Å²) in [6.07, 6.45) is -4.64.